The number of hydrogen-bond donors (Lipinski definition) is 1. The van der Waals surface area contributed by atoms with Crippen LogP contribution >= 0.6 is 23.2 Å². The van der Waals surface area contributed by atoms with Crippen molar-refractivity contribution in [1.29, 1.82) is 0 Å². The van der Waals surface area contributed by atoms with E-state index in [0.29, 0.717) is 34.2 Å². The predicted octanol–water partition coefficient (Wildman–Crippen LogP) is 5.61. The van der Waals surface area contributed by atoms with Crippen molar-refractivity contribution in [3.8, 4) is 11.5 Å². The van der Waals surface area contributed by atoms with Crippen molar-refractivity contribution in [1.82, 2.24) is 5.32 Å². The summed E-state index contributed by atoms with van der Waals surface area (Å²) in [6.45, 7) is 1.11. The lowest BCUT2D eigenvalue weighted by atomic mass is 10.1. The molecule has 1 aliphatic rings. The molecule has 0 bridgehead atoms. The maximum Gasteiger partial charge on any atom is 0.163 e. The average Bonchev–Trinajstić information content (AvgIpc) is 3.13. The van der Waals surface area contributed by atoms with E-state index in [0.717, 1.165) is 17.7 Å². The second-order valence-electron chi connectivity index (χ2n) is 6.34. The zero-order valence-corrected chi connectivity index (χ0v) is 15.9. The lowest BCUT2D eigenvalue weighted by Gasteiger charge is -2.16. The summed E-state index contributed by atoms with van der Waals surface area (Å²) in [4.78, 5) is 0. The highest BCUT2D eigenvalue weighted by Gasteiger charge is 2.16. The van der Waals surface area contributed by atoms with Crippen LogP contribution in [-0.4, -0.2) is 13.2 Å². The number of ether oxygens (including phenoxy) is 2. The van der Waals surface area contributed by atoms with E-state index in [2.05, 4.69) is 5.32 Å². The minimum absolute atomic E-state index is 0.367. The fourth-order valence-corrected chi connectivity index (χ4v) is 3.55. The third-order valence-electron chi connectivity index (χ3n) is 4.61. The van der Waals surface area contributed by atoms with Crippen LogP contribution in [0.25, 0.3) is 0 Å². The van der Waals surface area contributed by atoms with Gasteiger partial charge in [0.05, 0.1) is 7.11 Å². The topological polar surface area (TPSA) is 30.5 Å². The van der Waals surface area contributed by atoms with E-state index in [4.69, 9.17) is 32.7 Å². The molecule has 0 amide bonds. The van der Waals surface area contributed by atoms with Crippen LogP contribution in [0, 0.1) is 0 Å². The van der Waals surface area contributed by atoms with Crippen molar-refractivity contribution in [2.24, 2.45) is 0 Å². The van der Waals surface area contributed by atoms with Gasteiger partial charge in [-0.1, -0.05) is 54.2 Å². The predicted molar refractivity (Wildman–Crippen MR) is 103 cm³/mol. The Morgan fingerprint density at radius 2 is 1.76 bits per heavy atom. The van der Waals surface area contributed by atoms with Crippen LogP contribution < -0.4 is 14.8 Å². The molecule has 0 spiro atoms. The molecule has 1 saturated carbocycles. The smallest absolute Gasteiger partial charge is 0.163 e. The molecule has 1 N–H and O–H groups in total. The molecule has 0 unspecified atom stereocenters. The second-order valence-corrected chi connectivity index (χ2v) is 7.15. The Labute approximate surface area is 159 Å². The number of halogens is 2. The third kappa shape index (κ3) is 4.81. The van der Waals surface area contributed by atoms with Crippen molar-refractivity contribution in [2.45, 2.75) is 44.9 Å². The third-order valence-corrected chi connectivity index (χ3v) is 5.33. The summed E-state index contributed by atoms with van der Waals surface area (Å²) in [7, 11) is 1.64. The molecule has 0 atom stereocenters. The standard InChI is InChI=1S/C20H23Cl2NO2/c1-24-19-10-15(12-23-16-7-3-4-8-16)18(22)11-20(19)25-13-14-6-2-5-9-17(14)21/h2,5-6,9-11,16,23H,3-4,7-8,12-13H2,1H3. The summed E-state index contributed by atoms with van der Waals surface area (Å²) < 4.78 is 11.4. The summed E-state index contributed by atoms with van der Waals surface area (Å²) in [6.07, 6.45) is 5.11. The second kappa shape index (κ2) is 8.79. The Hall–Kier alpha value is -1.42. The van der Waals surface area contributed by atoms with Crippen LogP contribution in [-0.2, 0) is 13.2 Å². The van der Waals surface area contributed by atoms with E-state index in [1.807, 2.05) is 36.4 Å². The molecule has 0 aromatic heterocycles. The Kier molecular flexibility index (Phi) is 6.46. The normalized spacial score (nSPS) is 14.7. The molecule has 0 saturated heterocycles. The van der Waals surface area contributed by atoms with Crippen molar-refractivity contribution >= 4 is 23.2 Å². The molecule has 0 aliphatic heterocycles. The maximum atomic E-state index is 6.46. The average molecular weight is 380 g/mol. The molecule has 25 heavy (non-hydrogen) atoms. The first kappa shape index (κ1) is 18.4. The Bertz CT molecular complexity index is 715. The van der Waals surface area contributed by atoms with Crippen LogP contribution in [0.1, 0.15) is 36.8 Å². The fourth-order valence-electron chi connectivity index (χ4n) is 3.14. The van der Waals surface area contributed by atoms with Crippen LogP contribution in [0.5, 0.6) is 11.5 Å². The molecular weight excluding hydrogens is 357 g/mol. The van der Waals surface area contributed by atoms with Crippen LogP contribution in [0.15, 0.2) is 36.4 Å². The summed E-state index contributed by atoms with van der Waals surface area (Å²) in [5, 5.41) is 4.94. The van der Waals surface area contributed by atoms with Crippen molar-refractivity contribution in [2.75, 3.05) is 7.11 Å². The Morgan fingerprint density at radius 1 is 1.00 bits per heavy atom. The van der Waals surface area contributed by atoms with Gasteiger partial charge in [-0.05, 0) is 30.5 Å². The van der Waals surface area contributed by atoms with Gasteiger partial charge in [-0.3, -0.25) is 0 Å². The maximum absolute atomic E-state index is 6.46. The molecule has 0 radical (unpaired) electrons. The summed E-state index contributed by atoms with van der Waals surface area (Å²) in [5.41, 5.74) is 1.95. The molecule has 1 fully saturated rings. The number of methoxy groups -OCH3 is 1. The van der Waals surface area contributed by atoms with Gasteiger partial charge in [-0.15, -0.1) is 0 Å². The molecule has 0 heterocycles. The van der Waals surface area contributed by atoms with Crippen LogP contribution in [0.3, 0.4) is 0 Å². The Balaban J connectivity index is 1.69. The number of hydrogen-bond acceptors (Lipinski definition) is 3. The summed E-state index contributed by atoms with van der Waals surface area (Å²) >= 11 is 12.6. The highest BCUT2D eigenvalue weighted by molar-refractivity contribution is 6.31. The van der Waals surface area contributed by atoms with Crippen molar-refractivity contribution < 1.29 is 9.47 Å². The van der Waals surface area contributed by atoms with Gasteiger partial charge in [-0.25, -0.2) is 0 Å². The van der Waals surface area contributed by atoms with E-state index in [1.165, 1.54) is 25.7 Å². The zero-order chi connectivity index (χ0) is 17.6. The number of nitrogens with one attached hydrogen (secondary N) is 1. The Morgan fingerprint density at radius 3 is 2.48 bits per heavy atom. The van der Waals surface area contributed by atoms with Gasteiger partial charge in [-0.2, -0.15) is 0 Å². The van der Waals surface area contributed by atoms with E-state index >= 15 is 0 Å². The fraction of sp³-hybridized carbons (Fsp3) is 0.400. The lowest BCUT2D eigenvalue weighted by Crippen LogP contribution is -2.25. The van der Waals surface area contributed by atoms with Gasteiger partial charge in [0.1, 0.15) is 6.61 Å². The largest absolute Gasteiger partial charge is 0.493 e. The van der Waals surface area contributed by atoms with Crippen LogP contribution in [0.2, 0.25) is 10.0 Å². The van der Waals surface area contributed by atoms with E-state index in [1.54, 1.807) is 7.11 Å². The number of rotatable bonds is 7. The van der Waals surface area contributed by atoms with Gasteiger partial charge in [0.15, 0.2) is 11.5 Å². The van der Waals surface area contributed by atoms with Gasteiger partial charge in [0.25, 0.3) is 0 Å². The minimum atomic E-state index is 0.367. The van der Waals surface area contributed by atoms with E-state index in [-0.39, 0.29) is 0 Å². The van der Waals surface area contributed by atoms with Crippen molar-refractivity contribution in [3.63, 3.8) is 0 Å². The molecule has 134 valence electrons. The summed E-state index contributed by atoms with van der Waals surface area (Å²) in [5.74, 6) is 1.30. The van der Waals surface area contributed by atoms with Gasteiger partial charge in [0, 0.05) is 34.3 Å². The highest BCUT2D eigenvalue weighted by Crippen LogP contribution is 2.34. The molecule has 2 aromatic rings. The highest BCUT2D eigenvalue weighted by atomic mass is 35.5. The number of benzene rings is 2. The van der Waals surface area contributed by atoms with Gasteiger partial charge < -0.3 is 14.8 Å². The SMILES string of the molecule is COc1cc(CNC2CCCC2)c(Cl)cc1OCc1ccccc1Cl. The quantitative estimate of drug-likeness (QED) is 0.677. The molecule has 1 aliphatic carbocycles. The first-order valence-electron chi connectivity index (χ1n) is 8.63. The minimum Gasteiger partial charge on any atom is -0.493 e. The first-order chi connectivity index (χ1) is 12.2. The first-order valence-corrected chi connectivity index (χ1v) is 9.39. The molecule has 3 nitrogen and oxygen atoms in total. The van der Waals surface area contributed by atoms with Crippen molar-refractivity contribution in [3.05, 3.63) is 57.6 Å². The lowest BCUT2D eigenvalue weighted by molar-refractivity contribution is 0.284. The van der Waals surface area contributed by atoms with E-state index in [9.17, 15) is 0 Å². The zero-order valence-electron chi connectivity index (χ0n) is 14.4. The molecule has 3 rings (SSSR count). The van der Waals surface area contributed by atoms with Crippen LogP contribution in [0.4, 0.5) is 0 Å². The summed E-state index contributed by atoms with van der Waals surface area (Å²) in [6, 6.07) is 12.0. The van der Waals surface area contributed by atoms with Gasteiger partial charge >= 0.3 is 0 Å². The molecule has 5 heteroatoms. The molecule has 2 aromatic carbocycles. The molecular formula is C20H23Cl2NO2. The van der Waals surface area contributed by atoms with E-state index < -0.39 is 0 Å². The van der Waals surface area contributed by atoms with Gasteiger partial charge in [0.2, 0.25) is 0 Å². The monoisotopic (exact) mass is 379 g/mol.